The summed E-state index contributed by atoms with van der Waals surface area (Å²) in [6.07, 6.45) is -0.536. The van der Waals surface area contributed by atoms with Crippen LogP contribution in [-0.2, 0) is 23.2 Å². The van der Waals surface area contributed by atoms with Crippen LogP contribution < -0.4 is 9.47 Å². The van der Waals surface area contributed by atoms with Crippen molar-refractivity contribution in [2.75, 3.05) is 13.1 Å². The van der Waals surface area contributed by atoms with Gasteiger partial charge in [0.15, 0.2) is 0 Å². The van der Waals surface area contributed by atoms with Crippen LogP contribution in [0.15, 0.2) is 36.4 Å². The molecular weight excluding hydrogens is 599 g/mol. The lowest BCUT2D eigenvalue weighted by molar-refractivity contribution is -0.144. The van der Waals surface area contributed by atoms with Crippen LogP contribution in [0.2, 0.25) is 0 Å². The Morgan fingerprint density at radius 3 is 1.53 bits per heavy atom. The van der Waals surface area contributed by atoms with Gasteiger partial charge in [0.25, 0.3) is 0 Å². The number of nitrogens with zero attached hydrogens (tertiary/aromatic N) is 4. The Bertz CT molecular complexity index is 1580. The van der Waals surface area contributed by atoms with Crippen LogP contribution in [0.3, 0.4) is 0 Å². The van der Waals surface area contributed by atoms with Crippen molar-refractivity contribution < 1.29 is 37.6 Å². The van der Waals surface area contributed by atoms with Gasteiger partial charge in [0.1, 0.15) is 34.9 Å². The minimum Gasteiger partial charge on any atom is -0.485 e. The lowest BCUT2D eigenvalue weighted by Gasteiger charge is -2.49. The average molecular weight is 635 g/mol. The molecule has 6 rings (SSSR count). The van der Waals surface area contributed by atoms with Crippen LogP contribution in [-0.4, -0.2) is 63.0 Å². The summed E-state index contributed by atoms with van der Waals surface area (Å²) in [6, 6.07) is 12.3. The van der Waals surface area contributed by atoms with E-state index in [1.807, 2.05) is 0 Å². The molecule has 2 saturated heterocycles. The van der Waals surface area contributed by atoms with Gasteiger partial charge in [0.2, 0.25) is 11.8 Å². The summed E-state index contributed by atoms with van der Waals surface area (Å²) in [6.45, 7) is 7.59. The third kappa shape index (κ3) is 5.57. The van der Waals surface area contributed by atoms with Crippen molar-refractivity contribution >= 4 is 19.6 Å². The van der Waals surface area contributed by atoms with Gasteiger partial charge in [-0.2, -0.15) is 10.5 Å². The normalized spacial score (nSPS) is 27.8. The van der Waals surface area contributed by atoms with Gasteiger partial charge in [-0.15, -0.1) is 0 Å². The van der Waals surface area contributed by atoms with Gasteiger partial charge in [0, 0.05) is 37.1 Å². The highest BCUT2D eigenvalue weighted by Gasteiger charge is 2.56. The van der Waals surface area contributed by atoms with E-state index in [1.165, 1.54) is 0 Å². The fourth-order valence-electron chi connectivity index (χ4n) is 6.92. The number of phosphoric ester groups is 1. The van der Waals surface area contributed by atoms with Gasteiger partial charge in [-0.1, -0.05) is 0 Å². The van der Waals surface area contributed by atoms with E-state index in [1.54, 1.807) is 73.9 Å². The average Bonchev–Trinajstić information content (AvgIpc) is 3.60. The Hall–Kier alpha value is -3.93. The van der Waals surface area contributed by atoms with Crippen LogP contribution in [0.1, 0.15) is 87.7 Å². The third-order valence-corrected chi connectivity index (χ3v) is 9.98. The maximum atomic E-state index is 14.2. The highest BCUT2D eigenvalue weighted by molar-refractivity contribution is 7.47. The Labute approximate surface area is 261 Å². The first-order valence-electron chi connectivity index (χ1n) is 15.0. The molecule has 1 N–H and O–H groups in total. The summed E-state index contributed by atoms with van der Waals surface area (Å²) < 4.78 is 38.8. The number of rotatable bonds is 6. The van der Waals surface area contributed by atoms with Gasteiger partial charge in [0.05, 0.1) is 35.3 Å². The second-order valence-corrected chi connectivity index (χ2v) is 14.3. The van der Waals surface area contributed by atoms with Crippen molar-refractivity contribution in [3.63, 3.8) is 0 Å². The molecule has 0 aromatic heterocycles. The zero-order chi connectivity index (χ0) is 32.3. The largest absolute Gasteiger partial charge is 0.485 e. The van der Waals surface area contributed by atoms with Crippen molar-refractivity contribution in [1.82, 2.24) is 9.80 Å². The van der Waals surface area contributed by atoms with Crippen molar-refractivity contribution in [3.8, 4) is 23.6 Å². The molecule has 2 aromatic carbocycles. The third-order valence-electron chi connectivity index (χ3n) is 8.99. The molecule has 1 unspecified atom stereocenters. The van der Waals surface area contributed by atoms with E-state index in [0.29, 0.717) is 72.5 Å². The van der Waals surface area contributed by atoms with Crippen LogP contribution in [0.25, 0.3) is 0 Å². The maximum Gasteiger partial charge on any atom is 0.473 e. The second kappa shape index (κ2) is 11.1. The smallest absolute Gasteiger partial charge is 0.473 e. The lowest BCUT2D eigenvalue weighted by Crippen LogP contribution is -2.56. The monoisotopic (exact) mass is 634 g/mol. The fraction of sp³-hybridized carbons (Fsp3) is 0.500. The zero-order valence-electron chi connectivity index (χ0n) is 25.6. The number of ether oxygens (including phenoxy) is 2. The first kappa shape index (κ1) is 31.1. The van der Waals surface area contributed by atoms with Crippen molar-refractivity contribution in [2.24, 2.45) is 0 Å². The number of likely N-dealkylation sites (tertiary alicyclic amines) is 2. The number of hydrogen-bond donors (Lipinski definition) is 1. The summed E-state index contributed by atoms with van der Waals surface area (Å²) in [5.74, 6) is 0.591. The molecule has 12 nitrogen and oxygen atoms in total. The molecule has 2 aromatic rings. The SMILES string of the molecule is CC1(C)Oc2ccc(C#N)cc2[C@@H](N2CCCC2=O)[C@H]1OP(=O)(O)O[C@@H]1[C@@H](N2CCCC2=O)c2cc(C#N)ccc2OC1(C)C. The van der Waals surface area contributed by atoms with Gasteiger partial charge in [-0.3, -0.25) is 18.6 Å². The van der Waals surface area contributed by atoms with Gasteiger partial charge >= 0.3 is 7.82 Å². The Balaban J connectivity index is 1.40. The van der Waals surface area contributed by atoms with E-state index in [4.69, 9.17) is 18.5 Å². The highest BCUT2D eigenvalue weighted by atomic mass is 31.2. The number of hydrogen-bond acceptors (Lipinski definition) is 9. The van der Waals surface area contributed by atoms with E-state index < -0.39 is 43.3 Å². The number of nitriles is 2. The zero-order valence-corrected chi connectivity index (χ0v) is 26.5. The molecule has 13 heteroatoms. The molecule has 5 atom stereocenters. The highest BCUT2D eigenvalue weighted by Crippen LogP contribution is 2.58. The minimum absolute atomic E-state index is 0.146. The summed E-state index contributed by atoms with van der Waals surface area (Å²) in [5, 5.41) is 19.2. The maximum absolute atomic E-state index is 14.2. The molecule has 236 valence electrons. The van der Waals surface area contributed by atoms with E-state index in [0.717, 1.165) is 0 Å². The Morgan fingerprint density at radius 1 is 0.800 bits per heavy atom. The molecule has 0 bridgehead atoms. The molecule has 2 fully saturated rings. The van der Waals surface area contributed by atoms with Gasteiger partial charge < -0.3 is 24.2 Å². The van der Waals surface area contributed by atoms with Crippen molar-refractivity contribution in [3.05, 3.63) is 58.7 Å². The molecule has 0 spiro atoms. The van der Waals surface area contributed by atoms with Crippen LogP contribution in [0, 0.1) is 22.7 Å². The van der Waals surface area contributed by atoms with Gasteiger partial charge in [-0.05, 0) is 76.9 Å². The number of carbonyl (C=O) groups is 2. The van der Waals surface area contributed by atoms with E-state index in [9.17, 15) is 29.6 Å². The second-order valence-electron chi connectivity index (χ2n) is 12.9. The summed E-state index contributed by atoms with van der Waals surface area (Å²) in [5.41, 5.74) is -0.765. The summed E-state index contributed by atoms with van der Waals surface area (Å²) in [4.78, 5) is 40.9. The predicted octanol–water partition coefficient (Wildman–Crippen LogP) is 4.67. The molecule has 4 heterocycles. The predicted molar refractivity (Wildman–Crippen MR) is 159 cm³/mol. The molecular formula is C32H35N4O8P. The molecule has 0 aliphatic carbocycles. The standard InChI is InChI=1S/C32H35N4O8P/c1-31(2)29(27(35-13-5-7-25(35)37)21-15-19(17-33)9-11-23(21)41-31)43-45(39,40)44-30-28(36-14-6-8-26(36)38)22-16-20(18-34)10-12-24(22)42-32(30,3)4/h9-12,15-16,27-30H,5-8,13-14H2,1-4H3,(H,39,40)/t27-,28+,29-,30-/m1/s1. The Morgan fingerprint density at radius 2 is 1.20 bits per heavy atom. The minimum atomic E-state index is -5.01. The summed E-state index contributed by atoms with van der Waals surface area (Å²) >= 11 is 0. The van der Waals surface area contributed by atoms with Crippen LogP contribution in [0.5, 0.6) is 11.5 Å². The molecule has 0 radical (unpaired) electrons. The first-order chi connectivity index (χ1) is 21.2. The molecule has 2 amide bonds. The lowest BCUT2D eigenvalue weighted by atomic mass is 9.85. The van der Waals surface area contributed by atoms with E-state index >= 15 is 0 Å². The molecule has 0 saturated carbocycles. The number of benzene rings is 2. The number of phosphoric acid groups is 1. The van der Waals surface area contributed by atoms with E-state index in [2.05, 4.69) is 12.1 Å². The van der Waals surface area contributed by atoms with Crippen LogP contribution >= 0.6 is 7.82 Å². The molecule has 4 aliphatic heterocycles. The number of fused-ring (bicyclic) bond motifs is 2. The van der Waals surface area contributed by atoms with Crippen molar-refractivity contribution in [2.45, 2.75) is 88.9 Å². The van der Waals surface area contributed by atoms with Gasteiger partial charge in [-0.25, -0.2) is 4.57 Å². The first-order valence-corrected chi connectivity index (χ1v) is 16.5. The summed E-state index contributed by atoms with van der Waals surface area (Å²) in [7, 11) is -5.01. The molecule has 45 heavy (non-hydrogen) atoms. The topological polar surface area (TPSA) is 162 Å². The van der Waals surface area contributed by atoms with E-state index in [-0.39, 0.29) is 11.8 Å². The number of amides is 2. The van der Waals surface area contributed by atoms with Crippen LogP contribution in [0.4, 0.5) is 0 Å². The quantitative estimate of drug-likeness (QED) is 0.442. The Kier molecular flexibility index (Phi) is 7.70. The van der Waals surface area contributed by atoms with Crippen molar-refractivity contribution in [1.29, 1.82) is 10.5 Å². The molecule has 4 aliphatic rings. The number of carbonyl (C=O) groups excluding carboxylic acids is 2. The fourth-order valence-corrected chi connectivity index (χ4v) is 8.29.